The van der Waals surface area contributed by atoms with E-state index in [1.165, 1.54) is 20.3 Å². The van der Waals surface area contributed by atoms with Crippen molar-refractivity contribution in [3.63, 3.8) is 0 Å². The number of aldehydes is 1. The van der Waals surface area contributed by atoms with Crippen molar-refractivity contribution in [1.82, 2.24) is 0 Å². The number of halogens is 1. The second kappa shape index (κ2) is 8.39. The first-order chi connectivity index (χ1) is 12.0. The van der Waals surface area contributed by atoms with Crippen LogP contribution in [0.3, 0.4) is 0 Å². The van der Waals surface area contributed by atoms with Gasteiger partial charge in [-0.15, -0.1) is 0 Å². The topological polar surface area (TPSA) is 73.9 Å². The Kier molecular flexibility index (Phi) is 6.25. The van der Waals surface area contributed by atoms with E-state index < -0.39 is 5.91 Å². The molecule has 2 aromatic carbocycles. The normalized spacial score (nSPS) is 10.1. The lowest BCUT2D eigenvalue weighted by molar-refractivity contribution is -0.118. The van der Waals surface area contributed by atoms with Gasteiger partial charge in [0.05, 0.1) is 25.5 Å². The summed E-state index contributed by atoms with van der Waals surface area (Å²) >= 11 is 6.04. The number of carbonyl (C=O) groups is 2. The highest BCUT2D eigenvalue weighted by Crippen LogP contribution is 2.31. The monoisotopic (exact) mass is 363 g/mol. The Balaban J connectivity index is 2.07. The van der Waals surface area contributed by atoms with Crippen LogP contribution in [0.4, 0.5) is 5.69 Å². The van der Waals surface area contributed by atoms with E-state index in [1.807, 2.05) is 6.92 Å². The number of hydrogen-bond donors (Lipinski definition) is 1. The highest BCUT2D eigenvalue weighted by molar-refractivity contribution is 6.31. The van der Waals surface area contributed by atoms with Crippen LogP contribution < -0.4 is 19.5 Å². The molecule has 0 unspecified atom stereocenters. The fourth-order valence-corrected chi connectivity index (χ4v) is 2.29. The van der Waals surface area contributed by atoms with Crippen LogP contribution in [0.5, 0.6) is 17.2 Å². The van der Waals surface area contributed by atoms with Crippen molar-refractivity contribution in [2.75, 3.05) is 26.1 Å². The summed E-state index contributed by atoms with van der Waals surface area (Å²) in [5.41, 5.74) is 1.59. The van der Waals surface area contributed by atoms with Crippen molar-refractivity contribution in [3.05, 3.63) is 46.5 Å². The van der Waals surface area contributed by atoms with Crippen LogP contribution in [0.25, 0.3) is 0 Å². The van der Waals surface area contributed by atoms with Gasteiger partial charge in [0.25, 0.3) is 5.91 Å². The van der Waals surface area contributed by atoms with Crippen LogP contribution in [-0.4, -0.2) is 33.0 Å². The molecule has 132 valence electrons. The Morgan fingerprint density at radius 1 is 1.16 bits per heavy atom. The lowest BCUT2D eigenvalue weighted by Gasteiger charge is -2.13. The molecule has 6 nitrogen and oxygen atoms in total. The van der Waals surface area contributed by atoms with Crippen LogP contribution >= 0.6 is 11.6 Å². The Bertz CT molecular complexity index is 791. The fourth-order valence-electron chi connectivity index (χ4n) is 2.14. The van der Waals surface area contributed by atoms with E-state index in [0.717, 1.165) is 5.56 Å². The molecule has 0 aromatic heterocycles. The van der Waals surface area contributed by atoms with E-state index in [-0.39, 0.29) is 6.61 Å². The summed E-state index contributed by atoms with van der Waals surface area (Å²) in [5.74, 6) is 0.875. The predicted octanol–water partition coefficient (Wildman–Crippen LogP) is 3.50. The maximum absolute atomic E-state index is 12.1. The molecule has 2 rings (SSSR count). The number of carbonyl (C=O) groups excluding carboxylic acids is 2. The minimum Gasteiger partial charge on any atom is -0.497 e. The van der Waals surface area contributed by atoms with Crippen LogP contribution in [0, 0.1) is 6.92 Å². The van der Waals surface area contributed by atoms with Crippen LogP contribution in [0.2, 0.25) is 5.02 Å². The lowest BCUT2D eigenvalue weighted by atomic mass is 10.2. The number of methoxy groups -OCH3 is 2. The second-order valence-corrected chi connectivity index (χ2v) is 5.57. The molecule has 25 heavy (non-hydrogen) atoms. The largest absolute Gasteiger partial charge is 0.497 e. The molecule has 0 saturated heterocycles. The van der Waals surface area contributed by atoms with Crippen molar-refractivity contribution >= 4 is 29.5 Å². The molecule has 1 N–H and O–H groups in total. The van der Waals surface area contributed by atoms with Gasteiger partial charge in [-0.1, -0.05) is 11.6 Å². The number of aryl methyl sites for hydroxylation is 1. The summed E-state index contributed by atoms with van der Waals surface area (Å²) in [6, 6.07) is 8.09. The molecule has 0 aliphatic rings. The number of ether oxygens (including phenoxy) is 3. The highest BCUT2D eigenvalue weighted by Gasteiger charge is 2.12. The summed E-state index contributed by atoms with van der Waals surface area (Å²) < 4.78 is 15.7. The van der Waals surface area contributed by atoms with Crippen molar-refractivity contribution in [2.24, 2.45) is 0 Å². The molecule has 0 fully saturated rings. The third kappa shape index (κ3) is 4.64. The van der Waals surface area contributed by atoms with Gasteiger partial charge in [0.2, 0.25) is 0 Å². The second-order valence-electron chi connectivity index (χ2n) is 5.16. The van der Waals surface area contributed by atoms with Crippen molar-refractivity contribution in [2.45, 2.75) is 6.92 Å². The smallest absolute Gasteiger partial charge is 0.262 e. The molecule has 0 radical (unpaired) electrons. The molecular weight excluding hydrogens is 346 g/mol. The average Bonchev–Trinajstić information content (AvgIpc) is 2.62. The average molecular weight is 364 g/mol. The van der Waals surface area contributed by atoms with Gasteiger partial charge in [-0.2, -0.15) is 0 Å². The van der Waals surface area contributed by atoms with E-state index in [0.29, 0.717) is 39.8 Å². The van der Waals surface area contributed by atoms with E-state index in [9.17, 15) is 9.59 Å². The number of hydrogen-bond acceptors (Lipinski definition) is 5. The van der Waals surface area contributed by atoms with E-state index in [1.54, 1.807) is 24.3 Å². The first-order valence-electron chi connectivity index (χ1n) is 7.38. The summed E-state index contributed by atoms with van der Waals surface area (Å²) in [4.78, 5) is 23.3. The summed E-state index contributed by atoms with van der Waals surface area (Å²) in [5, 5.41) is 3.24. The van der Waals surface area contributed by atoms with Gasteiger partial charge >= 0.3 is 0 Å². The molecule has 0 heterocycles. The quantitative estimate of drug-likeness (QED) is 0.762. The van der Waals surface area contributed by atoms with Crippen molar-refractivity contribution in [3.8, 4) is 17.2 Å². The number of amides is 1. The van der Waals surface area contributed by atoms with E-state index >= 15 is 0 Å². The van der Waals surface area contributed by atoms with Crippen LogP contribution in [0.15, 0.2) is 30.3 Å². The molecule has 0 aliphatic heterocycles. The summed E-state index contributed by atoms with van der Waals surface area (Å²) in [7, 11) is 2.99. The van der Waals surface area contributed by atoms with Gasteiger partial charge in [0.15, 0.2) is 12.9 Å². The van der Waals surface area contributed by atoms with Crippen molar-refractivity contribution < 1.29 is 23.8 Å². The predicted molar refractivity (Wildman–Crippen MR) is 95.2 cm³/mol. The molecule has 0 spiro atoms. The van der Waals surface area contributed by atoms with E-state index in [2.05, 4.69) is 5.32 Å². The fraction of sp³-hybridized carbons (Fsp3) is 0.222. The number of rotatable bonds is 7. The zero-order chi connectivity index (χ0) is 18.4. The zero-order valence-electron chi connectivity index (χ0n) is 14.1. The Hall–Kier alpha value is -2.73. The maximum atomic E-state index is 12.1. The number of anilines is 1. The van der Waals surface area contributed by atoms with Gasteiger partial charge in [-0.3, -0.25) is 9.59 Å². The minimum atomic E-state index is -0.396. The Labute approximate surface area is 150 Å². The molecule has 1 amide bonds. The standard InChI is InChI=1S/C18H18ClNO5/c1-11-6-15(17(24-3)8-14(11)19)20-18(22)10-25-16-5-4-13(23-2)7-12(16)9-21/h4-9H,10H2,1-3H3,(H,20,22). The lowest BCUT2D eigenvalue weighted by Crippen LogP contribution is -2.21. The van der Waals surface area contributed by atoms with Gasteiger partial charge in [-0.25, -0.2) is 0 Å². The zero-order valence-corrected chi connectivity index (χ0v) is 14.8. The van der Waals surface area contributed by atoms with Crippen molar-refractivity contribution in [1.29, 1.82) is 0 Å². The van der Waals surface area contributed by atoms with Crippen LogP contribution in [-0.2, 0) is 4.79 Å². The SMILES string of the molecule is COc1ccc(OCC(=O)Nc2cc(C)c(Cl)cc2OC)c(C=O)c1. The summed E-state index contributed by atoms with van der Waals surface area (Å²) in [6.07, 6.45) is 0.640. The highest BCUT2D eigenvalue weighted by atomic mass is 35.5. The Morgan fingerprint density at radius 3 is 2.56 bits per heavy atom. The molecule has 7 heteroatoms. The first-order valence-corrected chi connectivity index (χ1v) is 7.76. The summed E-state index contributed by atoms with van der Waals surface area (Å²) in [6.45, 7) is 1.56. The van der Waals surface area contributed by atoms with Gasteiger partial charge < -0.3 is 19.5 Å². The van der Waals surface area contributed by atoms with E-state index in [4.69, 9.17) is 25.8 Å². The maximum Gasteiger partial charge on any atom is 0.262 e. The van der Waals surface area contributed by atoms with Gasteiger partial charge in [0, 0.05) is 11.1 Å². The Morgan fingerprint density at radius 2 is 1.92 bits per heavy atom. The minimum absolute atomic E-state index is 0.266. The molecule has 2 aromatic rings. The molecule has 0 saturated carbocycles. The number of benzene rings is 2. The number of nitrogens with one attached hydrogen (secondary N) is 1. The molecule has 0 atom stereocenters. The van der Waals surface area contributed by atoms with Gasteiger partial charge in [-0.05, 0) is 36.8 Å². The first kappa shape index (κ1) is 18.6. The molecular formula is C18H18ClNO5. The third-order valence-corrected chi connectivity index (χ3v) is 3.86. The van der Waals surface area contributed by atoms with Gasteiger partial charge in [0.1, 0.15) is 17.2 Å². The van der Waals surface area contributed by atoms with Crippen LogP contribution in [0.1, 0.15) is 15.9 Å². The third-order valence-electron chi connectivity index (χ3n) is 3.46. The molecule has 0 aliphatic carbocycles. The molecule has 0 bridgehead atoms.